The summed E-state index contributed by atoms with van der Waals surface area (Å²) in [6.45, 7) is 10.9. The van der Waals surface area contributed by atoms with Gasteiger partial charge in [0.1, 0.15) is 0 Å². The fourth-order valence-corrected chi connectivity index (χ4v) is 3.96. The summed E-state index contributed by atoms with van der Waals surface area (Å²) in [7, 11) is 0. The van der Waals surface area contributed by atoms with Crippen LogP contribution in [-0.4, -0.2) is 36.1 Å². The van der Waals surface area contributed by atoms with E-state index in [0.29, 0.717) is 11.6 Å². The first-order chi connectivity index (χ1) is 9.18. The standard InChI is InChI=1S/C17H34N2/c1-4-5-9-12-19-13-16(15(2)3)18-14-17(19)10-7-6-8-11-17/h15-16,18H,4-14H2,1-3H3. The number of unbranched alkanes of at least 4 members (excludes halogenated alkanes) is 2. The first kappa shape index (κ1) is 15.3. The Bertz CT molecular complexity index is 256. The number of hydrogen-bond donors (Lipinski definition) is 1. The van der Waals surface area contributed by atoms with E-state index in [4.69, 9.17) is 0 Å². The molecule has 1 heterocycles. The van der Waals surface area contributed by atoms with Crippen LogP contribution in [0.4, 0.5) is 0 Å². The Balaban J connectivity index is 1.99. The molecule has 2 aliphatic rings. The van der Waals surface area contributed by atoms with Gasteiger partial charge in [0.15, 0.2) is 0 Å². The fraction of sp³-hybridized carbons (Fsp3) is 1.00. The molecule has 1 aliphatic carbocycles. The summed E-state index contributed by atoms with van der Waals surface area (Å²) in [4.78, 5) is 2.88. The van der Waals surface area contributed by atoms with E-state index < -0.39 is 0 Å². The van der Waals surface area contributed by atoms with Crippen LogP contribution in [-0.2, 0) is 0 Å². The molecule has 1 unspecified atom stereocenters. The van der Waals surface area contributed by atoms with Crippen molar-refractivity contribution in [2.24, 2.45) is 5.92 Å². The number of nitrogens with one attached hydrogen (secondary N) is 1. The van der Waals surface area contributed by atoms with Gasteiger partial charge in [0.2, 0.25) is 0 Å². The van der Waals surface area contributed by atoms with Gasteiger partial charge in [-0.15, -0.1) is 0 Å². The zero-order valence-electron chi connectivity index (χ0n) is 13.4. The van der Waals surface area contributed by atoms with Crippen LogP contribution in [0.5, 0.6) is 0 Å². The molecule has 2 rings (SSSR count). The lowest BCUT2D eigenvalue weighted by Crippen LogP contribution is -2.66. The molecular formula is C17H34N2. The van der Waals surface area contributed by atoms with Crippen LogP contribution in [0.2, 0.25) is 0 Å². The summed E-state index contributed by atoms with van der Waals surface area (Å²) in [5.41, 5.74) is 0.511. The van der Waals surface area contributed by atoms with Crippen molar-refractivity contribution in [1.82, 2.24) is 10.2 Å². The molecule has 0 aromatic heterocycles. The average Bonchev–Trinajstić information content (AvgIpc) is 2.42. The van der Waals surface area contributed by atoms with Gasteiger partial charge in [-0.2, -0.15) is 0 Å². The number of rotatable bonds is 5. The topological polar surface area (TPSA) is 15.3 Å². The normalized spacial score (nSPS) is 28.1. The molecule has 0 aromatic rings. The summed E-state index contributed by atoms with van der Waals surface area (Å²) in [6.07, 6.45) is 11.3. The Labute approximate surface area is 120 Å². The Morgan fingerprint density at radius 1 is 1.16 bits per heavy atom. The molecule has 0 bridgehead atoms. The molecule has 1 saturated carbocycles. The van der Waals surface area contributed by atoms with Crippen LogP contribution >= 0.6 is 0 Å². The quantitative estimate of drug-likeness (QED) is 0.761. The molecule has 1 spiro atoms. The summed E-state index contributed by atoms with van der Waals surface area (Å²) < 4.78 is 0. The van der Waals surface area contributed by atoms with Gasteiger partial charge in [-0.3, -0.25) is 4.90 Å². The highest BCUT2D eigenvalue weighted by Crippen LogP contribution is 2.36. The average molecular weight is 266 g/mol. The minimum atomic E-state index is 0.511. The predicted molar refractivity (Wildman–Crippen MR) is 83.5 cm³/mol. The molecule has 0 radical (unpaired) electrons. The number of piperazine rings is 1. The van der Waals surface area contributed by atoms with Crippen molar-refractivity contribution in [2.45, 2.75) is 83.7 Å². The molecule has 2 heteroatoms. The second kappa shape index (κ2) is 7.08. The molecule has 112 valence electrons. The zero-order chi connectivity index (χ0) is 13.7. The minimum Gasteiger partial charge on any atom is -0.311 e. The molecule has 19 heavy (non-hydrogen) atoms. The van der Waals surface area contributed by atoms with Crippen molar-refractivity contribution in [3.05, 3.63) is 0 Å². The summed E-state index contributed by atoms with van der Waals surface area (Å²) in [5, 5.41) is 3.86. The SMILES string of the molecule is CCCCCN1CC(C(C)C)NCC12CCCCC2. The molecule has 1 atom stereocenters. The van der Waals surface area contributed by atoms with Crippen molar-refractivity contribution in [3.63, 3.8) is 0 Å². The molecule has 2 nitrogen and oxygen atoms in total. The van der Waals surface area contributed by atoms with Gasteiger partial charge in [0.05, 0.1) is 0 Å². The Kier molecular flexibility index (Phi) is 5.70. The zero-order valence-corrected chi connectivity index (χ0v) is 13.4. The van der Waals surface area contributed by atoms with Crippen LogP contribution in [0, 0.1) is 5.92 Å². The minimum absolute atomic E-state index is 0.511. The highest BCUT2D eigenvalue weighted by Gasteiger charge is 2.42. The van der Waals surface area contributed by atoms with E-state index in [1.165, 1.54) is 71.0 Å². The third-order valence-electron chi connectivity index (χ3n) is 5.40. The van der Waals surface area contributed by atoms with Gasteiger partial charge in [-0.1, -0.05) is 52.9 Å². The lowest BCUT2D eigenvalue weighted by Gasteiger charge is -2.53. The van der Waals surface area contributed by atoms with Crippen molar-refractivity contribution in [3.8, 4) is 0 Å². The van der Waals surface area contributed by atoms with Crippen LogP contribution in [0.1, 0.15) is 72.1 Å². The first-order valence-electron chi connectivity index (χ1n) is 8.66. The third-order valence-corrected chi connectivity index (χ3v) is 5.40. The van der Waals surface area contributed by atoms with Gasteiger partial charge in [-0.05, 0) is 31.7 Å². The summed E-state index contributed by atoms with van der Waals surface area (Å²) in [5.74, 6) is 0.759. The van der Waals surface area contributed by atoms with Crippen LogP contribution in [0.25, 0.3) is 0 Å². The highest BCUT2D eigenvalue weighted by atomic mass is 15.3. The maximum atomic E-state index is 3.86. The number of nitrogens with zero attached hydrogens (tertiary/aromatic N) is 1. The van der Waals surface area contributed by atoms with Crippen LogP contribution in [0.3, 0.4) is 0 Å². The van der Waals surface area contributed by atoms with Crippen molar-refractivity contribution < 1.29 is 0 Å². The van der Waals surface area contributed by atoms with Crippen LogP contribution in [0.15, 0.2) is 0 Å². The summed E-state index contributed by atoms with van der Waals surface area (Å²) in [6, 6.07) is 0.703. The van der Waals surface area contributed by atoms with Gasteiger partial charge >= 0.3 is 0 Å². The molecule has 1 aliphatic heterocycles. The van der Waals surface area contributed by atoms with Gasteiger partial charge in [0, 0.05) is 24.7 Å². The van der Waals surface area contributed by atoms with E-state index in [2.05, 4.69) is 31.0 Å². The second-order valence-electron chi connectivity index (χ2n) is 7.17. The monoisotopic (exact) mass is 266 g/mol. The van der Waals surface area contributed by atoms with Gasteiger partial charge in [0.25, 0.3) is 0 Å². The van der Waals surface area contributed by atoms with E-state index in [1.54, 1.807) is 0 Å². The van der Waals surface area contributed by atoms with E-state index in [9.17, 15) is 0 Å². The lowest BCUT2D eigenvalue weighted by atomic mass is 9.77. The molecule has 1 N–H and O–H groups in total. The van der Waals surface area contributed by atoms with Gasteiger partial charge in [-0.25, -0.2) is 0 Å². The largest absolute Gasteiger partial charge is 0.311 e. The van der Waals surface area contributed by atoms with Crippen LogP contribution < -0.4 is 5.32 Å². The molecule has 0 amide bonds. The molecule has 1 saturated heterocycles. The summed E-state index contributed by atoms with van der Waals surface area (Å²) >= 11 is 0. The Morgan fingerprint density at radius 2 is 1.89 bits per heavy atom. The highest BCUT2D eigenvalue weighted by molar-refractivity contribution is 5.00. The van der Waals surface area contributed by atoms with Crippen molar-refractivity contribution >= 4 is 0 Å². The predicted octanol–water partition coefficient (Wildman–Crippen LogP) is 3.81. The smallest absolute Gasteiger partial charge is 0.0334 e. The number of hydrogen-bond acceptors (Lipinski definition) is 2. The molecule has 2 fully saturated rings. The van der Waals surface area contributed by atoms with E-state index in [0.717, 1.165) is 5.92 Å². The lowest BCUT2D eigenvalue weighted by molar-refractivity contribution is 0.00113. The maximum absolute atomic E-state index is 3.86. The molecule has 0 aromatic carbocycles. The fourth-order valence-electron chi connectivity index (χ4n) is 3.96. The maximum Gasteiger partial charge on any atom is 0.0334 e. The van der Waals surface area contributed by atoms with E-state index in [1.807, 2.05) is 0 Å². The Morgan fingerprint density at radius 3 is 2.53 bits per heavy atom. The van der Waals surface area contributed by atoms with Crippen molar-refractivity contribution in [1.29, 1.82) is 0 Å². The third kappa shape index (κ3) is 3.72. The second-order valence-corrected chi connectivity index (χ2v) is 7.17. The van der Waals surface area contributed by atoms with E-state index >= 15 is 0 Å². The molecular weight excluding hydrogens is 232 g/mol. The van der Waals surface area contributed by atoms with E-state index in [-0.39, 0.29) is 0 Å². The first-order valence-corrected chi connectivity index (χ1v) is 8.66. The van der Waals surface area contributed by atoms with Gasteiger partial charge < -0.3 is 5.32 Å². The Hall–Kier alpha value is -0.0800. The van der Waals surface area contributed by atoms with Crippen molar-refractivity contribution in [2.75, 3.05) is 19.6 Å².